The normalized spacial score (nSPS) is 20.8. The molecule has 21 heavy (non-hydrogen) atoms. The monoisotopic (exact) mass is 310 g/mol. The third-order valence-electron chi connectivity index (χ3n) is 3.75. The third-order valence-corrected chi connectivity index (χ3v) is 5.55. The maximum Gasteiger partial charge on any atom is 0.262 e. The van der Waals surface area contributed by atoms with Gasteiger partial charge in [-0.05, 0) is 12.8 Å². The van der Waals surface area contributed by atoms with Crippen LogP contribution in [-0.2, 0) is 24.1 Å². The Kier molecular flexibility index (Phi) is 3.54. The van der Waals surface area contributed by atoms with E-state index < -0.39 is 10.0 Å². The summed E-state index contributed by atoms with van der Waals surface area (Å²) >= 11 is 0. The van der Waals surface area contributed by atoms with Crippen molar-refractivity contribution < 1.29 is 8.42 Å². The summed E-state index contributed by atoms with van der Waals surface area (Å²) in [6.07, 6.45) is 7.19. The summed E-state index contributed by atoms with van der Waals surface area (Å²) in [4.78, 5) is 3.99. The number of hydrogen-bond acceptors (Lipinski definition) is 5. The van der Waals surface area contributed by atoms with E-state index in [2.05, 4.69) is 15.2 Å². The molecule has 8 nitrogen and oxygen atoms in total. The molecule has 3 heterocycles. The number of aromatic nitrogens is 5. The van der Waals surface area contributed by atoms with Crippen LogP contribution in [0.3, 0.4) is 0 Å². The van der Waals surface area contributed by atoms with Crippen LogP contribution in [0.4, 0.5) is 0 Å². The van der Waals surface area contributed by atoms with Crippen molar-refractivity contribution in [3.8, 4) is 0 Å². The van der Waals surface area contributed by atoms with E-state index in [0.29, 0.717) is 12.4 Å². The van der Waals surface area contributed by atoms with Gasteiger partial charge in [-0.25, -0.2) is 13.4 Å². The van der Waals surface area contributed by atoms with Gasteiger partial charge in [0.15, 0.2) is 10.9 Å². The zero-order chi connectivity index (χ0) is 15.0. The summed E-state index contributed by atoms with van der Waals surface area (Å²) in [5.74, 6) is 0.675. The van der Waals surface area contributed by atoms with Crippen molar-refractivity contribution in [2.45, 2.75) is 30.3 Å². The van der Waals surface area contributed by atoms with E-state index in [1.165, 1.54) is 16.8 Å². The van der Waals surface area contributed by atoms with E-state index in [4.69, 9.17) is 0 Å². The van der Waals surface area contributed by atoms with Crippen molar-refractivity contribution in [2.75, 3.05) is 6.54 Å². The van der Waals surface area contributed by atoms with E-state index in [0.717, 1.165) is 19.3 Å². The molecule has 0 radical (unpaired) electrons. The van der Waals surface area contributed by atoms with Crippen molar-refractivity contribution in [3.05, 3.63) is 24.7 Å². The molecular formula is C12H18N6O2S. The third kappa shape index (κ3) is 2.46. The van der Waals surface area contributed by atoms with Crippen molar-refractivity contribution in [3.63, 3.8) is 0 Å². The minimum atomic E-state index is -3.61. The summed E-state index contributed by atoms with van der Waals surface area (Å²) in [5.41, 5.74) is 0. The van der Waals surface area contributed by atoms with E-state index in [1.54, 1.807) is 22.5 Å². The highest BCUT2D eigenvalue weighted by Crippen LogP contribution is 2.33. The Bertz CT molecular complexity index is 735. The Labute approximate surface area is 123 Å². The predicted octanol–water partition coefficient (Wildman–Crippen LogP) is 0.464. The zero-order valence-corrected chi connectivity index (χ0v) is 12.9. The highest BCUT2D eigenvalue weighted by Gasteiger charge is 2.37. The molecule has 0 aromatic carbocycles. The van der Waals surface area contributed by atoms with Gasteiger partial charge in [-0.15, -0.1) is 10.2 Å². The molecule has 0 aliphatic carbocycles. The van der Waals surface area contributed by atoms with Gasteiger partial charge in [0.05, 0.1) is 12.4 Å². The first kappa shape index (κ1) is 14.2. The van der Waals surface area contributed by atoms with Gasteiger partial charge in [0, 0.05) is 26.8 Å². The van der Waals surface area contributed by atoms with Gasteiger partial charge in [0.1, 0.15) is 6.33 Å². The van der Waals surface area contributed by atoms with Crippen LogP contribution in [0.1, 0.15) is 31.1 Å². The summed E-state index contributed by atoms with van der Waals surface area (Å²) in [7, 11) is -0.0317. The smallest absolute Gasteiger partial charge is 0.262 e. The molecule has 3 rings (SSSR count). The molecule has 1 aliphatic heterocycles. The van der Waals surface area contributed by atoms with Crippen molar-refractivity contribution in [2.24, 2.45) is 14.1 Å². The average molecular weight is 310 g/mol. The number of piperidine rings is 1. The standard InChI is InChI=1S/C12H18N6O2S/c1-16-7-11(13-8-16)21(19,20)18-6-4-3-5-10(18)12-15-14-9-17(12)2/h7-10H,3-6H2,1-2H3/t10-/m0/s1. The Morgan fingerprint density at radius 3 is 2.67 bits per heavy atom. The summed E-state index contributed by atoms with van der Waals surface area (Å²) in [6, 6.07) is -0.279. The second-order valence-corrected chi connectivity index (χ2v) is 7.14. The minimum Gasteiger partial charge on any atom is -0.339 e. The number of imidazole rings is 1. The van der Waals surface area contributed by atoms with Gasteiger partial charge >= 0.3 is 0 Å². The van der Waals surface area contributed by atoms with Gasteiger partial charge in [0.25, 0.3) is 10.0 Å². The van der Waals surface area contributed by atoms with Crippen LogP contribution in [-0.4, -0.2) is 43.6 Å². The second-order valence-electron chi connectivity index (χ2n) is 5.30. The molecule has 9 heteroatoms. The lowest BCUT2D eigenvalue weighted by atomic mass is 10.0. The number of hydrogen-bond donors (Lipinski definition) is 0. The molecule has 2 aromatic rings. The lowest BCUT2D eigenvalue weighted by Gasteiger charge is -2.33. The van der Waals surface area contributed by atoms with Crippen LogP contribution in [0, 0.1) is 0 Å². The van der Waals surface area contributed by atoms with Crippen molar-refractivity contribution in [1.29, 1.82) is 0 Å². The first-order chi connectivity index (χ1) is 10.00. The van der Waals surface area contributed by atoms with Crippen LogP contribution in [0.5, 0.6) is 0 Å². The van der Waals surface area contributed by atoms with Crippen LogP contribution in [0.25, 0.3) is 0 Å². The lowest BCUT2D eigenvalue weighted by molar-refractivity contribution is 0.242. The van der Waals surface area contributed by atoms with Crippen molar-refractivity contribution in [1.82, 2.24) is 28.6 Å². The van der Waals surface area contributed by atoms with Gasteiger partial charge in [0.2, 0.25) is 0 Å². The van der Waals surface area contributed by atoms with Gasteiger partial charge in [-0.1, -0.05) is 6.42 Å². The quantitative estimate of drug-likeness (QED) is 0.822. The minimum absolute atomic E-state index is 0.0825. The molecule has 1 aliphatic rings. The van der Waals surface area contributed by atoms with Gasteiger partial charge < -0.3 is 9.13 Å². The van der Waals surface area contributed by atoms with Crippen LogP contribution in [0.2, 0.25) is 0 Å². The molecule has 1 fully saturated rings. The largest absolute Gasteiger partial charge is 0.339 e. The van der Waals surface area contributed by atoms with E-state index in [1.807, 2.05) is 7.05 Å². The Hall–Kier alpha value is -1.74. The van der Waals surface area contributed by atoms with E-state index in [-0.39, 0.29) is 11.1 Å². The molecule has 114 valence electrons. The SMILES string of the molecule is Cn1cnc(S(=O)(=O)N2CCCC[C@H]2c2nncn2C)c1. The maximum absolute atomic E-state index is 12.8. The Morgan fingerprint density at radius 2 is 2.05 bits per heavy atom. The molecule has 0 saturated carbocycles. The summed E-state index contributed by atoms with van der Waals surface area (Å²) in [6.45, 7) is 0.483. The summed E-state index contributed by atoms with van der Waals surface area (Å²) < 4.78 is 30.5. The van der Waals surface area contributed by atoms with Crippen LogP contribution < -0.4 is 0 Å². The van der Waals surface area contributed by atoms with E-state index >= 15 is 0 Å². The molecule has 2 aromatic heterocycles. The summed E-state index contributed by atoms with van der Waals surface area (Å²) in [5, 5.41) is 8.03. The molecular weight excluding hydrogens is 292 g/mol. The number of aryl methyl sites for hydroxylation is 2. The highest BCUT2D eigenvalue weighted by molar-refractivity contribution is 7.89. The fourth-order valence-electron chi connectivity index (χ4n) is 2.69. The molecule has 0 bridgehead atoms. The Morgan fingerprint density at radius 1 is 1.24 bits per heavy atom. The van der Waals surface area contributed by atoms with Crippen molar-refractivity contribution >= 4 is 10.0 Å². The van der Waals surface area contributed by atoms with Crippen LogP contribution >= 0.6 is 0 Å². The molecule has 0 spiro atoms. The highest BCUT2D eigenvalue weighted by atomic mass is 32.2. The maximum atomic E-state index is 12.8. The second kappa shape index (κ2) is 5.23. The van der Waals surface area contributed by atoms with Gasteiger partial charge in [-0.3, -0.25) is 0 Å². The molecule has 0 unspecified atom stereocenters. The van der Waals surface area contributed by atoms with E-state index in [9.17, 15) is 8.42 Å². The number of rotatable bonds is 3. The lowest BCUT2D eigenvalue weighted by Crippen LogP contribution is -2.39. The topological polar surface area (TPSA) is 85.9 Å². The first-order valence-electron chi connectivity index (χ1n) is 6.84. The zero-order valence-electron chi connectivity index (χ0n) is 12.0. The predicted molar refractivity (Wildman–Crippen MR) is 74.7 cm³/mol. The number of nitrogens with zero attached hydrogens (tertiary/aromatic N) is 6. The van der Waals surface area contributed by atoms with Crippen LogP contribution in [0.15, 0.2) is 23.9 Å². The molecule has 0 amide bonds. The fraction of sp³-hybridized carbons (Fsp3) is 0.583. The molecule has 1 atom stereocenters. The molecule has 0 N–H and O–H groups in total. The average Bonchev–Trinajstić information content (AvgIpc) is 3.08. The number of sulfonamides is 1. The fourth-order valence-corrected chi connectivity index (χ4v) is 4.31. The Balaban J connectivity index is 2.00. The van der Waals surface area contributed by atoms with Gasteiger partial charge in [-0.2, -0.15) is 4.31 Å². The first-order valence-corrected chi connectivity index (χ1v) is 8.28. The molecule has 1 saturated heterocycles.